The van der Waals surface area contributed by atoms with Crippen molar-refractivity contribution < 1.29 is 0 Å². The molecule has 1 aromatic rings. The van der Waals surface area contributed by atoms with Gasteiger partial charge in [-0.3, -0.25) is 0 Å². The number of halogens is 1. The van der Waals surface area contributed by atoms with Gasteiger partial charge in [0.05, 0.1) is 10.7 Å². The SMILES string of the molecule is CCNCc1cccc(Cl)c1N(C)CC. The van der Waals surface area contributed by atoms with E-state index >= 15 is 0 Å². The summed E-state index contributed by atoms with van der Waals surface area (Å²) in [6.07, 6.45) is 0. The van der Waals surface area contributed by atoms with E-state index in [1.165, 1.54) is 5.56 Å². The Morgan fingerprint density at radius 1 is 1.33 bits per heavy atom. The second-order valence-corrected chi connectivity index (χ2v) is 3.95. The van der Waals surface area contributed by atoms with E-state index < -0.39 is 0 Å². The Morgan fingerprint density at radius 2 is 2.07 bits per heavy atom. The fourth-order valence-electron chi connectivity index (χ4n) is 1.55. The number of para-hydroxylation sites is 1. The molecule has 3 heteroatoms. The van der Waals surface area contributed by atoms with Crippen LogP contribution in [-0.2, 0) is 6.54 Å². The molecule has 0 fully saturated rings. The van der Waals surface area contributed by atoms with Crippen molar-refractivity contribution >= 4 is 17.3 Å². The first-order chi connectivity index (χ1) is 7.20. The van der Waals surface area contributed by atoms with E-state index in [-0.39, 0.29) is 0 Å². The van der Waals surface area contributed by atoms with Gasteiger partial charge < -0.3 is 10.2 Å². The largest absolute Gasteiger partial charge is 0.373 e. The molecule has 0 saturated carbocycles. The van der Waals surface area contributed by atoms with Gasteiger partial charge in [-0.05, 0) is 25.1 Å². The predicted octanol–water partition coefficient (Wildman–Crippen LogP) is 2.91. The summed E-state index contributed by atoms with van der Waals surface area (Å²) in [6.45, 7) is 7.04. The monoisotopic (exact) mass is 226 g/mol. The number of hydrogen-bond donors (Lipinski definition) is 1. The van der Waals surface area contributed by atoms with Crippen LogP contribution in [0.2, 0.25) is 5.02 Å². The second-order valence-electron chi connectivity index (χ2n) is 3.54. The van der Waals surface area contributed by atoms with Gasteiger partial charge in [0, 0.05) is 20.1 Å². The van der Waals surface area contributed by atoms with E-state index in [9.17, 15) is 0 Å². The lowest BCUT2D eigenvalue weighted by atomic mass is 10.1. The summed E-state index contributed by atoms with van der Waals surface area (Å²) in [5, 5.41) is 4.15. The molecule has 1 N–H and O–H groups in total. The average Bonchev–Trinajstić information content (AvgIpc) is 2.25. The highest BCUT2D eigenvalue weighted by atomic mass is 35.5. The molecule has 1 rings (SSSR count). The molecule has 0 atom stereocenters. The van der Waals surface area contributed by atoms with Crippen LogP contribution in [0.4, 0.5) is 5.69 Å². The molecule has 0 radical (unpaired) electrons. The summed E-state index contributed by atoms with van der Waals surface area (Å²) in [5.74, 6) is 0. The fourth-order valence-corrected chi connectivity index (χ4v) is 1.89. The molecule has 0 aliphatic heterocycles. The Balaban J connectivity index is 2.97. The highest BCUT2D eigenvalue weighted by Crippen LogP contribution is 2.28. The summed E-state index contributed by atoms with van der Waals surface area (Å²) in [6, 6.07) is 6.07. The van der Waals surface area contributed by atoms with Crippen molar-refractivity contribution in [3.8, 4) is 0 Å². The highest BCUT2D eigenvalue weighted by molar-refractivity contribution is 6.33. The Hall–Kier alpha value is -0.730. The summed E-state index contributed by atoms with van der Waals surface area (Å²) >= 11 is 6.21. The molecule has 0 aliphatic carbocycles. The van der Waals surface area contributed by atoms with E-state index in [4.69, 9.17) is 11.6 Å². The van der Waals surface area contributed by atoms with Crippen LogP contribution >= 0.6 is 11.6 Å². The summed E-state index contributed by atoms with van der Waals surface area (Å²) in [4.78, 5) is 2.18. The normalized spacial score (nSPS) is 10.4. The number of nitrogens with one attached hydrogen (secondary N) is 1. The van der Waals surface area contributed by atoms with E-state index in [2.05, 4.69) is 37.2 Å². The van der Waals surface area contributed by atoms with Crippen LogP contribution in [0, 0.1) is 0 Å². The maximum Gasteiger partial charge on any atom is 0.0642 e. The third-order valence-electron chi connectivity index (χ3n) is 2.49. The minimum Gasteiger partial charge on any atom is -0.373 e. The van der Waals surface area contributed by atoms with Crippen molar-refractivity contribution in [1.29, 1.82) is 0 Å². The molecule has 0 heterocycles. The lowest BCUT2D eigenvalue weighted by Crippen LogP contribution is -2.20. The first-order valence-corrected chi connectivity index (χ1v) is 5.77. The van der Waals surface area contributed by atoms with Gasteiger partial charge in [-0.2, -0.15) is 0 Å². The van der Waals surface area contributed by atoms with Crippen LogP contribution in [0.15, 0.2) is 18.2 Å². The van der Waals surface area contributed by atoms with Gasteiger partial charge in [0.1, 0.15) is 0 Å². The van der Waals surface area contributed by atoms with E-state index in [0.717, 1.165) is 30.3 Å². The average molecular weight is 227 g/mol. The smallest absolute Gasteiger partial charge is 0.0642 e. The van der Waals surface area contributed by atoms with Gasteiger partial charge in [0.15, 0.2) is 0 Å². The molecule has 0 aliphatic rings. The zero-order valence-electron chi connectivity index (χ0n) is 9.68. The van der Waals surface area contributed by atoms with Crippen LogP contribution in [0.25, 0.3) is 0 Å². The van der Waals surface area contributed by atoms with Crippen LogP contribution in [-0.4, -0.2) is 20.1 Å². The summed E-state index contributed by atoms with van der Waals surface area (Å²) in [5.41, 5.74) is 2.40. The Bertz CT molecular complexity index is 312. The fraction of sp³-hybridized carbons (Fsp3) is 0.500. The maximum absolute atomic E-state index is 6.21. The van der Waals surface area contributed by atoms with Gasteiger partial charge in [0.25, 0.3) is 0 Å². The topological polar surface area (TPSA) is 15.3 Å². The molecule has 2 nitrogen and oxygen atoms in total. The van der Waals surface area contributed by atoms with E-state index in [1.807, 2.05) is 12.1 Å². The molecule has 0 unspecified atom stereocenters. The second kappa shape index (κ2) is 5.99. The van der Waals surface area contributed by atoms with Crippen molar-refractivity contribution in [3.63, 3.8) is 0 Å². The quantitative estimate of drug-likeness (QED) is 0.831. The van der Waals surface area contributed by atoms with Crippen molar-refractivity contribution in [2.45, 2.75) is 20.4 Å². The highest BCUT2D eigenvalue weighted by Gasteiger charge is 2.09. The van der Waals surface area contributed by atoms with Crippen LogP contribution < -0.4 is 10.2 Å². The third kappa shape index (κ3) is 3.11. The Morgan fingerprint density at radius 3 is 2.67 bits per heavy atom. The van der Waals surface area contributed by atoms with Gasteiger partial charge >= 0.3 is 0 Å². The molecule has 0 bridgehead atoms. The molecule has 1 aromatic carbocycles. The van der Waals surface area contributed by atoms with Crippen LogP contribution in [0.3, 0.4) is 0 Å². The van der Waals surface area contributed by atoms with Crippen LogP contribution in [0.5, 0.6) is 0 Å². The Kier molecular flexibility index (Phi) is 4.92. The van der Waals surface area contributed by atoms with Crippen molar-refractivity contribution in [2.24, 2.45) is 0 Å². The summed E-state index contributed by atoms with van der Waals surface area (Å²) in [7, 11) is 2.07. The molecule has 0 saturated heterocycles. The van der Waals surface area contributed by atoms with Gasteiger partial charge in [-0.1, -0.05) is 30.7 Å². The number of hydrogen-bond acceptors (Lipinski definition) is 2. The zero-order valence-corrected chi connectivity index (χ0v) is 10.4. The molecular weight excluding hydrogens is 208 g/mol. The molecular formula is C12H19ClN2. The van der Waals surface area contributed by atoms with Gasteiger partial charge in [-0.15, -0.1) is 0 Å². The predicted molar refractivity (Wildman–Crippen MR) is 67.8 cm³/mol. The number of anilines is 1. The molecule has 15 heavy (non-hydrogen) atoms. The van der Waals surface area contributed by atoms with Crippen molar-refractivity contribution in [2.75, 3.05) is 25.0 Å². The molecule has 0 aromatic heterocycles. The zero-order chi connectivity index (χ0) is 11.3. The maximum atomic E-state index is 6.21. The lowest BCUT2D eigenvalue weighted by molar-refractivity contribution is 0.724. The Labute approximate surface area is 97.2 Å². The van der Waals surface area contributed by atoms with Crippen LogP contribution in [0.1, 0.15) is 19.4 Å². The van der Waals surface area contributed by atoms with Crippen molar-refractivity contribution in [3.05, 3.63) is 28.8 Å². The standard InChI is InChI=1S/C12H19ClN2/c1-4-14-9-10-7-6-8-11(13)12(10)15(3)5-2/h6-8,14H,4-5,9H2,1-3H3. The number of benzene rings is 1. The lowest BCUT2D eigenvalue weighted by Gasteiger charge is -2.22. The first-order valence-electron chi connectivity index (χ1n) is 5.39. The van der Waals surface area contributed by atoms with E-state index in [0.29, 0.717) is 0 Å². The van der Waals surface area contributed by atoms with Gasteiger partial charge in [0.2, 0.25) is 0 Å². The summed E-state index contributed by atoms with van der Waals surface area (Å²) < 4.78 is 0. The minimum absolute atomic E-state index is 0.828. The molecule has 0 spiro atoms. The number of rotatable bonds is 5. The number of nitrogens with zero attached hydrogens (tertiary/aromatic N) is 1. The molecule has 84 valence electrons. The first kappa shape index (κ1) is 12.3. The van der Waals surface area contributed by atoms with Crippen molar-refractivity contribution in [1.82, 2.24) is 5.32 Å². The minimum atomic E-state index is 0.828. The van der Waals surface area contributed by atoms with E-state index in [1.54, 1.807) is 0 Å². The molecule has 0 amide bonds. The van der Waals surface area contributed by atoms with Gasteiger partial charge in [-0.25, -0.2) is 0 Å². The third-order valence-corrected chi connectivity index (χ3v) is 2.80.